The number of aliphatic imine (C=N–C) groups is 1. The summed E-state index contributed by atoms with van der Waals surface area (Å²) in [6.07, 6.45) is 2.36. The molecule has 2 N–H and O–H groups in total. The SMILES string of the molecule is C=C(C)C(=C)NC(=NC)C1CCCN1. The fourth-order valence-corrected chi connectivity index (χ4v) is 1.48. The van der Waals surface area contributed by atoms with E-state index < -0.39 is 0 Å². The summed E-state index contributed by atoms with van der Waals surface area (Å²) in [7, 11) is 1.80. The van der Waals surface area contributed by atoms with Crippen molar-refractivity contribution < 1.29 is 0 Å². The fourth-order valence-electron chi connectivity index (χ4n) is 1.48. The molecule has 1 saturated heterocycles. The minimum Gasteiger partial charge on any atom is -0.343 e. The zero-order valence-corrected chi connectivity index (χ0v) is 9.06. The topological polar surface area (TPSA) is 36.4 Å². The second-order valence-corrected chi connectivity index (χ2v) is 3.64. The lowest BCUT2D eigenvalue weighted by Gasteiger charge is -2.17. The van der Waals surface area contributed by atoms with Crippen LogP contribution in [0.15, 0.2) is 29.4 Å². The van der Waals surface area contributed by atoms with Crippen LogP contribution < -0.4 is 10.6 Å². The Kier molecular flexibility index (Phi) is 3.89. The summed E-state index contributed by atoms with van der Waals surface area (Å²) in [4.78, 5) is 4.23. The van der Waals surface area contributed by atoms with Gasteiger partial charge < -0.3 is 10.6 Å². The maximum absolute atomic E-state index is 4.23. The molecule has 0 radical (unpaired) electrons. The van der Waals surface area contributed by atoms with E-state index >= 15 is 0 Å². The monoisotopic (exact) mass is 193 g/mol. The van der Waals surface area contributed by atoms with Crippen molar-refractivity contribution in [1.29, 1.82) is 0 Å². The van der Waals surface area contributed by atoms with Crippen LogP contribution in [0.1, 0.15) is 19.8 Å². The largest absolute Gasteiger partial charge is 0.343 e. The number of amidine groups is 1. The lowest BCUT2D eigenvalue weighted by atomic mass is 10.2. The van der Waals surface area contributed by atoms with Gasteiger partial charge in [0, 0.05) is 12.7 Å². The zero-order chi connectivity index (χ0) is 10.6. The first-order valence-electron chi connectivity index (χ1n) is 4.97. The van der Waals surface area contributed by atoms with E-state index in [0.29, 0.717) is 6.04 Å². The first-order chi connectivity index (χ1) is 6.65. The lowest BCUT2D eigenvalue weighted by Crippen LogP contribution is -2.40. The second kappa shape index (κ2) is 4.96. The van der Waals surface area contributed by atoms with Crippen molar-refractivity contribution in [2.24, 2.45) is 4.99 Å². The average molecular weight is 193 g/mol. The first-order valence-corrected chi connectivity index (χ1v) is 4.97. The van der Waals surface area contributed by atoms with Gasteiger partial charge >= 0.3 is 0 Å². The maximum Gasteiger partial charge on any atom is 0.118 e. The highest BCUT2D eigenvalue weighted by atomic mass is 15.1. The van der Waals surface area contributed by atoms with Crippen molar-refractivity contribution in [3.63, 3.8) is 0 Å². The van der Waals surface area contributed by atoms with Crippen molar-refractivity contribution in [3.8, 4) is 0 Å². The standard InChI is InChI=1S/C11H19N3/c1-8(2)9(3)14-11(12-4)10-6-5-7-13-10/h10,13H,1,3,5-7H2,2,4H3,(H,12,14). The molecule has 1 atom stereocenters. The Hall–Kier alpha value is -1.09. The van der Waals surface area contributed by atoms with Gasteiger partial charge in [0.25, 0.3) is 0 Å². The summed E-state index contributed by atoms with van der Waals surface area (Å²) in [5.41, 5.74) is 1.79. The van der Waals surface area contributed by atoms with E-state index in [0.717, 1.165) is 30.1 Å². The summed E-state index contributed by atoms with van der Waals surface area (Å²) >= 11 is 0. The summed E-state index contributed by atoms with van der Waals surface area (Å²) in [6.45, 7) is 10.7. The van der Waals surface area contributed by atoms with Gasteiger partial charge in [0.15, 0.2) is 0 Å². The molecule has 0 aromatic heterocycles. The lowest BCUT2D eigenvalue weighted by molar-refractivity contribution is 0.739. The van der Waals surface area contributed by atoms with E-state index in [4.69, 9.17) is 0 Å². The first kappa shape index (κ1) is 11.0. The predicted molar refractivity (Wildman–Crippen MR) is 61.5 cm³/mol. The highest BCUT2D eigenvalue weighted by Crippen LogP contribution is 2.08. The van der Waals surface area contributed by atoms with Gasteiger partial charge in [-0.2, -0.15) is 0 Å². The maximum atomic E-state index is 4.23. The van der Waals surface area contributed by atoms with Crippen molar-refractivity contribution in [2.75, 3.05) is 13.6 Å². The third-order valence-corrected chi connectivity index (χ3v) is 2.43. The Morgan fingerprint density at radius 3 is 2.64 bits per heavy atom. The summed E-state index contributed by atoms with van der Waals surface area (Å²) in [5.74, 6) is 0.968. The Balaban J connectivity index is 2.55. The van der Waals surface area contributed by atoms with Gasteiger partial charge in [-0.15, -0.1) is 0 Å². The third kappa shape index (κ3) is 2.70. The summed E-state index contributed by atoms with van der Waals surface area (Å²) in [6, 6.07) is 0.357. The Labute approximate surface area is 86.0 Å². The van der Waals surface area contributed by atoms with Gasteiger partial charge in [0.1, 0.15) is 5.84 Å². The number of nitrogens with zero attached hydrogens (tertiary/aromatic N) is 1. The van der Waals surface area contributed by atoms with Crippen LogP contribution in [0.4, 0.5) is 0 Å². The Morgan fingerprint density at radius 2 is 2.21 bits per heavy atom. The number of allylic oxidation sites excluding steroid dienone is 1. The molecule has 1 fully saturated rings. The van der Waals surface area contributed by atoms with Gasteiger partial charge in [-0.1, -0.05) is 13.2 Å². The van der Waals surface area contributed by atoms with Gasteiger partial charge in [0.2, 0.25) is 0 Å². The molecule has 1 rings (SSSR count). The molecule has 3 nitrogen and oxygen atoms in total. The molecule has 78 valence electrons. The van der Waals surface area contributed by atoms with Crippen molar-refractivity contribution >= 4 is 5.84 Å². The van der Waals surface area contributed by atoms with E-state index in [1.807, 2.05) is 6.92 Å². The highest BCUT2D eigenvalue weighted by Gasteiger charge is 2.19. The van der Waals surface area contributed by atoms with Crippen LogP contribution in [0.3, 0.4) is 0 Å². The van der Waals surface area contributed by atoms with Gasteiger partial charge in [0.05, 0.1) is 6.04 Å². The number of hydrogen-bond donors (Lipinski definition) is 2. The molecule has 0 aliphatic carbocycles. The predicted octanol–water partition coefficient (Wildman–Crippen LogP) is 1.45. The molecule has 1 heterocycles. The summed E-state index contributed by atoms with van der Waals surface area (Å²) < 4.78 is 0. The third-order valence-electron chi connectivity index (χ3n) is 2.43. The van der Waals surface area contributed by atoms with Crippen LogP contribution >= 0.6 is 0 Å². The fraction of sp³-hybridized carbons (Fsp3) is 0.545. The van der Waals surface area contributed by atoms with Crippen LogP contribution in [0.5, 0.6) is 0 Å². The molecule has 0 amide bonds. The van der Waals surface area contributed by atoms with Gasteiger partial charge in [-0.25, -0.2) is 0 Å². The van der Waals surface area contributed by atoms with E-state index in [9.17, 15) is 0 Å². The number of hydrogen-bond acceptors (Lipinski definition) is 2. The highest BCUT2D eigenvalue weighted by molar-refractivity contribution is 5.89. The van der Waals surface area contributed by atoms with Crippen molar-refractivity contribution in [1.82, 2.24) is 10.6 Å². The Morgan fingerprint density at radius 1 is 1.50 bits per heavy atom. The number of rotatable bonds is 3. The zero-order valence-electron chi connectivity index (χ0n) is 9.06. The minimum atomic E-state index is 0.357. The normalized spacial score (nSPS) is 22.1. The van der Waals surface area contributed by atoms with Crippen LogP contribution in [0.2, 0.25) is 0 Å². The average Bonchev–Trinajstić information content (AvgIpc) is 2.66. The molecule has 0 spiro atoms. The van der Waals surface area contributed by atoms with E-state index in [1.54, 1.807) is 7.05 Å². The number of nitrogens with one attached hydrogen (secondary N) is 2. The van der Waals surface area contributed by atoms with Crippen LogP contribution in [0.25, 0.3) is 0 Å². The molecule has 1 aliphatic heterocycles. The van der Waals surface area contributed by atoms with Crippen LogP contribution in [0, 0.1) is 0 Å². The van der Waals surface area contributed by atoms with E-state index in [2.05, 4.69) is 28.8 Å². The molecule has 0 bridgehead atoms. The van der Waals surface area contributed by atoms with Crippen LogP contribution in [-0.4, -0.2) is 25.5 Å². The van der Waals surface area contributed by atoms with E-state index in [-0.39, 0.29) is 0 Å². The van der Waals surface area contributed by atoms with Gasteiger partial charge in [-0.05, 0) is 31.9 Å². The van der Waals surface area contributed by atoms with Crippen LogP contribution in [-0.2, 0) is 0 Å². The molecule has 3 heteroatoms. The molecular weight excluding hydrogens is 174 g/mol. The van der Waals surface area contributed by atoms with Crippen molar-refractivity contribution in [2.45, 2.75) is 25.8 Å². The minimum absolute atomic E-state index is 0.357. The smallest absolute Gasteiger partial charge is 0.118 e. The molecular formula is C11H19N3. The van der Waals surface area contributed by atoms with Gasteiger partial charge in [-0.3, -0.25) is 4.99 Å². The van der Waals surface area contributed by atoms with Crippen molar-refractivity contribution in [3.05, 3.63) is 24.4 Å². The molecule has 14 heavy (non-hydrogen) atoms. The molecule has 0 saturated carbocycles. The molecule has 1 aliphatic rings. The summed E-state index contributed by atoms with van der Waals surface area (Å²) in [5, 5.41) is 6.59. The molecule has 0 aromatic rings. The quantitative estimate of drug-likeness (QED) is 0.404. The molecule has 1 unspecified atom stereocenters. The second-order valence-electron chi connectivity index (χ2n) is 3.64. The molecule has 0 aromatic carbocycles. The van der Waals surface area contributed by atoms with E-state index in [1.165, 1.54) is 6.42 Å². The Bertz CT molecular complexity index is 260.